The molecule has 2 aromatic rings. The fraction of sp³-hybridized carbons (Fsp3) is 0.261. The fourth-order valence-corrected chi connectivity index (χ4v) is 2.20. The van der Waals surface area contributed by atoms with Crippen LogP contribution in [0.15, 0.2) is 60.7 Å². The zero-order valence-corrected chi connectivity index (χ0v) is 16.3. The third-order valence-corrected chi connectivity index (χ3v) is 3.59. The molecule has 0 fully saturated rings. The average molecular weight is 378 g/mol. The first-order valence-corrected chi connectivity index (χ1v) is 8.75. The first-order valence-electron chi connectivity index (χ1n) is 8.75. The smallest absolute Gasteiger partial charge is 0.381 e. The highest BCUT2D eigenvalue weighted by Gasteiger charge is 2.28. The molecule has 0 heterocycles. The molecule has 0 aliphatic carbocycles. The summed E-state index contributed by atoms with van der Waals surface area (Å²) in [5, 5.41) is 0. The number of esters is 2. The van der Waals surface area contributed by atoms with Gasteiger partial charge < -0.3 is 9.47 Å². The van der Waals surface area contributed by atoms with Gasteiger partial charge in [-0.2, -0.15) is 0 Å². The summed E-state index contributed by atoms with van der Waals surface area (Å²) >= 11 is 0. The predicted molar refractivity (Wildman–Crippen MR) is 105 cm³/mol. The van der Waals surface area contributed by atoms with Crippen LogP contribution in [0.2, 0.25) is 0 Å². The Hall–Kier alpha value is -3.39. The molecule has 2 rings (SSSR count). The normalized spacial score (nSPS) is 11.0. The highest BCUT2D eigenvalue weighted by atomic mass is 16.6. The summed E-state index contributed by atoms with van der Waals surface area (Å²) in [6.07, 6.45) is 0. The average Bonchev–Trinajstić information content (AvgIpc) is 2.67. The van der Waals surface area contributed by atoms with Crippen LogP contribution in [-0.4, -0.2) is 28.9 Å². The predicted octanol–water partition coefficient (Wildman–Crippen LogP) is 3.83. The van der Waals surface area contributed by atoms with Crippen LogP contribution in [-0.2, 0) is 14.3 Å². The van der Waals surface area contributed by atoms with E-state index in [4.69, 9.17) is 9.47 Å². The van der Waals surface area contributed by atoms with Gasteiger partial charge in [-0.1, -0.05) is 60.4 Å². The van der Waals surface area contributed by atoms with Crippen molar-refractivity contribution in [1.82, 2.24) is 0 Å². The topological polar surface area (TPSA) is 69.7 Å². The minimum Gasteiger partial charge on any atom is -0.443 e. The first-order chi connectivity index (χ1) is 13.1. The van der Waals surface area contributed by atoms with Gasteiger partial charge in [-0.05, 0) is 39.8 Å². The molecule has 0 aliphatic rings. The number of ketones is 1. The molecule has 144 valence electrons. The largest absolute Gasteiger partial charge is 0.443 e. The molecule has 0 aliphatic heterocycles. The monoisotopic (exact) mass is 378 g/mol. The number of carbonyl (C=O) groups excluding carboxylic acids is 3. The Labute approximate surface area is 164 Å². The van der Waals surface area contributed by atoms with Gasteiger partial charge in [-0.15, -0.1) is 0 Å². The highest BCUT2D eigenvalue weighted by Crippen LogP contribution is 2.15. The van der Waals surface area contributed by atoms with E-state index in [0.717, 1.165) is 0 Å². The Kier molecular flexibility index (Phi) is 6.37. The lowest BCUT2D eigenvalue weighted by molar-refractivity contribution is -0.145. The number of Topliss-reactive ketones (excluding diaryl/α,β-unsaturated/α-hetero) is 1. The van der Waals surface area contributed by atoms with Crippen LogP contribution in [0.5, 0.6) is 0 Å². The van der Waals surface area contributed by atoms with Crippen LogP contribution in [0, 0.1) is 11.8 Å². The minimum atomic E-state index is -1.24. The molecule has 0 amide bonds. The Balaban J connectivity index is 2.04. The molecule has 2 aromatic carbocycles. The summed E-state index contributed by atoms with van der Waals surface area (Å²) in [5.74, 6) is 3.33. The van der Waals surface area contributed by atoms with Gasteiger partial charge in [0.15, 0.2) is 11.2 Å². The SMILES string of the molecule is CC(C)(C#CC(C)(C)OC(=O)c1ccccc1)OC(=O)C(=O)c1ccccc1. The van der Waals surface area contributed by atoms with E-state index in [1.165, 1.54) is 12.1 Å². The molecule has 0 bridgehead atoms. The van der Waals surface area contributed by atoms with Gasteiger partial charge in [0.25, 0.3) is 5.78 Å². The van der Waals surface area contributed by atoms with Gasteiger partial charge in [-0.3, -0.25) is 4.79 Å². The second-order valence-electron chi connectivity index (χ2n) is 7.11. The lowest BCUT2D eigenvalue weighted by atomic mass is 10.1. The van der Waals surface area contributed by atoms with Gasteiger partial charge in [0.1, 0.15) is 0 Å². The van der Waals surface area contributed by atoms with E-state index in [1.54, 1.807) is 76.2 Å². The molecule has 0 N–H and O–H groups in total. The van der Waals surface area contributed by atoms with E-state index in [9.17, 15) is 14.4 Å². The van der Waals surface area contributed by atoms with Gasteiger partial charge in [0.2, 0.25) is 0 Å². The molecule has 0 radical (unpaired) electrons. The molecule has 5 heteroatoms. The maximum Gasteiger partial charge on any atom is 0.381 e. The Morgan fingerprint density at radius 1 is 0.679 bits per heavy atom. The van der Waals surface area contributed by atoms with Crippen LogP contribution >= 0.6 is 0 Å². The van der Waals surface area contributed by atoms with E-state index >= 15 is 0 Å². The summed E-state index contributed by atoms with van der Waals surface area (Å²) in [6.45, 7) is 6.39. The van der Waals surface area contributed by atoms with E-state index in [-0.39, 0.29) is 5.56 Å². The number of benzene rings is 2. The van der Waals surface area contributed by atoms with Gasteiger partial charge in [0, 0.05) is 5.56 Å². The van der Waals surface area contributed by atoms with Crippen molar-refractivity contribution in [1.29, 1.82) is 0 Å². The van der Waals surface area contributed by atoms with Gasteiger partial charge in [-0.25, -0.2) is 9.59 Å². The summed E-state index contributed by atoms with van der Waals surface area (Å²) < 4.78 is 10.7. The fourth-order valence-electron chi connectivity index (χ4n) is 2.20. The summed E-state index contributed by atoms with van der Waals surface area (Å²) in [5.41, 5.74) is -1.69. The molecular formula is C23H22O5. The van der Waals surface area contributed by atoms with Crippen molar-refractivity contribution in [3.8, 4) is 11.8 Å². The molecule has 0 saturated heterocycles. The Bertz CT molecular complexity index is 916. The maximum absolute atomic E-state index is 12.2. The molecule has 0 unspecified atom stereocenters. The third-order valence-electron chi connectivity index (χ3n) is 3.59. The summed E-state index contributed by atoms with van der Waals surface area (Å²) in [4.78, 5) is 36.4. The molecule has 5 nitrogen and oxygen atoms in total. The van der Waals surface area contributed by atoms with Crippen LogP contribution in [0.1, 0.15) is 48.4 Å². The standard InChI is InChI=1S/C23H22O5/c1-22(2,27-20(25)18-13-9-6-10-14-18)15-16-23(3,4)28-21(26)19(24)17-11-7-5-8-12-17/h5-14H,1-4H3. The van der Waals surface area contributed by atoms with E-state index < -0.39 is 28.9 Å². The maximum atomic E-state index is 12.2. The summed E-state index contributed by atoms with van der Waals surface area (Å²) in [7, 11) is 0. The second kappa shape index (κ2) is 8.53. The minimum absolute atomic E-state index is 0.244. The van der Waals surface area contributed by atoms with E-state index in [0.29, 0.717) is 5.56 Å². The van der Waals surface area contributed by atoms with E-state index in [1.807, 2.05) is 0 Å². The molecule has 0 spiro atoms. The van der Waals surface area contributed by atoms with Crippen LogP contribution in [0.25, 0.3) is 0 Å². The number of hydrogen-bond donors (Lipinski definition) is 0. The van der Waals surface area contributed by atoms with Crippen molar-refractivity contribution in [2.75, 3.05) is 0 Å². The quantitative estimate of drug-likeness (QED) is 0.342. The van der Waals surface area contributed by atoms with Crippen molar-refractivity contribution >= 4 is 17.7 Å². The van der Waals surface area contributed by atoms with Crippen molar-refractivity contribution < 1.29 is 23.9 Å². The van der Waals surface area contributed by atoms with Crippen LogP contribution < -0.4 is 0 Å². The highest BCUT2D eigenvalue weighted by molar-refractivity contribution is 6.40. The second-order valence-corrected chi connectivity index (χ2v) is 7.11. The molecule has 0 atom stereocenters. The van der Waals surface area contributed by atoms with Crippen molar-refractivity contribution in [2.45, 2.75) is 38.9 Å². The summed E-state index contributed by atoms with van der Waals surface area (Å²) in [6, 6.07) is 16.7. The molecule has 0 saturated carbocycles. The van der Waals surface area contributed by atoms with Crippen molar-refractivity contribution in [3.63, 3.8) is 0 Å². The lowest BCUT2D eigenvalue weighted by Crippen LogP contribution is -2.32. The Morgan fingerprint density at radius 3 is 1.61 bits per heavy atom. The Morgan fingerprint density at radius 2 is 1.11 bits per heavy atom. The lowest BCUT2D eigenvalue weighted by Gasteiger charge is -2.22. The number of ether oxygens (including phenoxy) is 2. The van der Waals surface area contributed by atoms with Crippen LogP contribution in [0.3, 0.4) is 0 Å². The number of rotatable bonds is 5. The van der Waals surface area contributed by atoms with Crippen LogP contribution in [0.4, 0.5) is 0 Å². The molecule has 28 heavy (non-hydrogen) atoms. The van der Waals surface area contributed by atoms with Gasteiger partial charge in [0.05, 0.1) is 5.56 Å². The first kappa shape index (κ1) is 20.9. The van der Waals surface area contributed by atoms with E-state index in [2.05, 4.69) is 11.8 Å². The van der Waals surface area contributed by atoms with Crippen molar-refractivity contribution in [3.05, 3.63) is 71.8 Å². The number of carbonyl (C=O) groups is 3. The molecule has 0 aromatic heterocycles. The zero-order chi connectivity index (χ0) is 20.8. The van der Waals surface area contributed by atoms with Gasteiger partial charge >= 0.3 is 11.9 Å². The third kappa shape index (κ3) is 6.10. The molecular weight excluding hydrogens is 356 g/mol. The number of hydrogen-bond acceptors (Lipinski definition) is 5. The van der Waals surface area contributed by atoms with Crippen molar-refractivity contribution in [2.24, 2.45) is 0 Å². The zero-order valence-electron chi connectivity index (χ0n) is 16.3.